The molecule has 5 rings (SSSR count). The second kappa shape index (κ2) is 9.40. The molecule has 6 nitrogen and oxygen atoms in total. The zero-order chi connectivity index (χ0) is 25.6. The minimum Gasteiger partial charge on any atom is -0.351 e. The van der Waals surface area contributed by atoms with Crippen LogP contribution in [-0.2, 0) is 4.79 Å². The SMILES string of the molecule is CC(C)c1ccc(N2C(=O)c3cc4cc(Cl)ccc4n3C(=O)[C@@]2(C)C(=O)NC2CCCCCC2)cc1. The van der Waals surface area contributed by atoms with E-state index < -0.39 is 23.3 Å². The number of carbonyl (C=O) groups excluding carboxylic acids is 3. The van der Waals surface area contributed by atoms with Crippen molar-refractivity contribution in [3.05, 3.63) is 64.8 Å². The number of hydrogen-bond donors (Lipinski definition) is 1. The Morgan fingerprint density at radius 3 is 2.31 bits per heavy atom. The lowest BCUT2D eigenvalue weighted by atomic mass is 9.91. The summed E-state index contributed by atoms with van der Waals surface area (Å²) in [5.41, 5.74) is 0.677. The molecule has 1 aromatic heterocycles. The minimum atomic E-state index is -1.75. The van der Waals surface area contributed by atoms with Gasteiger partial charge in [0.05, 0.1) is 5.52 Å². The Balaban J connectivity index is 1.64. The normalized spacial score (nSPS) is 21.1. The summed E-state index contributed by atoms with van der Waals surface area (Å²) in [4.78, 5) is 43.6. The molecule has 2 aromatic carbocycles. The van der Waals surface area contributed by atoms with E-state index in [2.05, 4.69) is 19.2 Å². The first kappa shape index (κ1) is 24.6. The number of halogens is 1. The number of anilines is 1. The van der Waals surface area contributed by atoms with Gasteiger partial charge in [-0.2, -0.15) is 0 Å². The zero-order valence-electron chi connectivity index (χ0n) is 21.0. The van der Waals surface area contributed by atoms with Gasteiger partial charge in [0, 0.05) is 22.1 Å². The van der Waals surface area contributed by atoms with Crippen molar-refractivity contribution in [2.75, 3.05) is 4.90 Å². The third kappa shape index (κ3) is 4.01. The topological polar surface area (TPSA) is 71.4 Å². The van der Waals surface area contributed by atoms with Crippen LogP contribution >= 0.6 is 11.6 Å². The molecule has 0 saturated heterocycles. The fraction of sp³-hybridized carbons (Fsp3) is 0.414. The van der Waals surface area contributed by atoms with Gasteiger partial charge in [-0.25, -0.2) is 0 Å². The highest BCUT2D eigenvalue weighted by atomic mass is 35.5. The van der Waals surface area contributed by atoms with Gasteiger partial charge in [-0.1, -0.05) is 63.3 Å². The molecule has 2 aliphatic rings. The second-order valence-corrected chi connectivity index (χ2v) is 10.9. The third-order valence-corrected chi connectivity index (χ3v) is 7.94. The average molecular weight is 506 g/mol. The van der Waals surface area contributed by atoms with Gasteiger partial charge < -0.3 is 5.32 Å². The van der Waals surface area contributed by atoms with Gasteiger partial charge in [0.1, 0.15) is 5.69 Å². The quantitative estimate of drug-likeness (QED) is 0.333. The van der Waals surface area contributed by atoms with Gasteiger partial charge in [0.25, 0.3) is 17.7 Å². The number of rotatable bonds is 4. The molecule has 36 heavy (non-hydrogen) atoms. The summed E-state index contributed by atoms with van der Waals surface area (Å²) in [7, 11) is 0. The average Bonchev–Trinajstić information content (AvgIpc) is 3.03. The third-order valence-electron chi connectivity index (χ3n) is 7.70. The zero-order valence-corrected chi connectivity index (χ0v) is 21.8. The molecule has 188 valence electrons. The predicted molar refractivity (Wildman–Crippen MR) is 143 cm³/mol. The molecule has 7 heteroatoms. The molecule has 0 spiro atoms. The van der Waals surface area contributed by atoms with E-state index in [0.717, 1.165) is 44.1 Å². The van der Waals surface area contributed by atoms with Crippen molar-refractivity contribution in [1.29, 1.82) is 0 Å². The number of carbonyl (C=O) groups is 3. The Hall–Kier alpha value is -3.12. The lowest BCUT2D eigenvalue weighted by molar-refractivity contribution is -0.125. The number of amides is 2. The van der Waals surface area contributed by atoms with Gasteiger partial charge in [-0.3, -0.25) is 23.9 Å². The lowest BCUT2D eigenvalue weighted by Crippen LogP contribution is -2.69. The Bertz CT molecular complexity index is 1340. The van der Waals surface area contributed by atoms with Crippen LogP contribution in [0, 0.1) is 0 Å². The van der Waals surface area contributed by atoms with Gasteiger partial charge in [-0.15, -0.1) is 0 Å². The van der Waals surface area contributed by atoms with Crippen molar-refractivity contribution in [1.82, 2.24) is 9.88 Å². The number of fused-ring (bicyclic) bond motifs is 3. The number of aromatic nitrogens is 1. The summed E-state index contributed by atoms with van der Waals surface area (Å²) in [6.07, 6.45) is 6.14. The smallest absolute Gasteiger partial charge is 0.276 e. The lowest BCUT2D eigenvalue weighted by Gasteiger charge is -2.42. The first-order valence-corrected chi connectivity index (χ1v) is 13.2. The maximum Gasteiger partial charge on any atom is 0.276 e. The van der Waals surface area contributed by atoms with Crippen molar-refractivity contribution in [2.24, 2.45) is 0 Å². The summed E-state index contributed by atoms with van der Waals surface area (Å²) in [6, 6.07) is 14.4. The minimum absolute atomic E-state index is 0.00787. The number of benzene rings is 2. The van der Waals surface area contributed by atoms with Crippen LogP contribution < -0.4 is 10.2 Å². The van der Waals surface area contributed by atoms with Gasteiger partial charge in [-0.05, 0) is 67.6 Å². The van der Waals surface area contributed by atoms with E-state index in [9.17, 15) is 14.4 Å². The molecule has 1 aliphatic carbocycles. The summed E-state index contributed by atoms with van der Waals surface area (Å²) in [6.45, 7) is 5.76. The largest absolute Gasteiger partial charge is 0.351 e. The van der Waals surface area contributed by atoms with Crippen LogP contribution in [0.5, 0.6) is 0 Å². The van der Waals surface area contributed by atoms with Crippen molar-refractivity contribution in [2.45, 2.75) is 76.8 Å². The molecule has 1 atom stereocenters. The van der Waals surface area contributed by atoms with Crippen LogP contribution in [0.25, 0.3) is 10.9 Å². The summed E-state index contributed by atoms with van der Waals surface area (Å²) >= 11 is 6.19. The van der Waals surface area contributed by atoms with Gasteiger partial charge >= 0.3 is 0 Å². The van der Waals surface area contributed by atoms with Crippen LogP contribution in [0.2, 0.25) is 5.02 Å². The van der Waals surface area contributed by atoms with Crippen LogP contribution in [0.4, 0.5) is 5.69 Å². The second-order valence-electron chi connectivity index (χ2n) is 10.5. The molecule has 3 aromatic rings. The molecular weight excluding hydrogens is 474 g/mol. The Morgan fingerprint density at radius 2 is 1.67 bits per heavy atom. The molecule has 2 amide bonds. The molecule has 1 aliphatic heterocycles. The molecular formula is C29H32ClN3O3. The monoisotopic (exact) mass is 505 g/mol. The predicted octanol–water partition coefficient (Wildman–Crippen LogP) is 6.32. The molecule has 1 N–H and O–H groups in total. The van der Waals surface area contributed by atoms with Gasteiger partial charge in [0.15, 0.2) is 0 Å². The van der Waals surface area contributed by atoms with E-state index in [1.165, 1.54) is 9.47 Å². The van der Waals surface area contributed by atoms with Crippen LogP contribution in [0.1, 0.15) is 86.1 Å². The number of nitrogens with zero attached hydrogens (tertiary/aromatic N) is 2. The number of hydrogen-bond acceptors (Lipinski definition) is 3. The van der Waals surface area contributed by atoms with E-state index in [1.807, 2.05) is 24.3 Å². The van der Waals surface area contributed by atoms with Crippen LogP contribution in [0.15, 0.2) is 48.5 Å². The molecule has 1 saturated carbocycles. The summed E-state index contributed by atoms with van der Waals surface area (Å²) in [5, 5.41) is 4.34. The molecule has 2 heterocycles. The highest BCUT2D eigenvalue weighted by Gasteiger charge is 2.55. The van der Waals surface area contributed by atoms with E-state index in [-0.39, 0.29) is 11.7 Å². The standard InChI is InChI=1S/C29H32ClN3O3/c1-18(2)19-10-13-23(14-11-19)33-26(34)25-17-20-16-21(30)12-15-24(20)32(25)28(36)29(33,3)27(35)31-22-8-6-4-5-7-9-22/h10-18,22H,4-9H2,1-3H3,(H,31,35)/t29-/m1/s1. The van der Waals surface area contributed by atoms with Crippen molar-refractivity contribution in [3.8, 4) is 0 Å². The summed E-state index contributed by atoms with van der Waals surface area (Å²) in [5.74, 6) is -0.969. The molecule has 0 radical (unpaired) electrons. The first-order valence-electron chi connectivity index (χ1n) is 12.8. The van der Waals surface area contributed by atoms with E-state index in [1.54, 1.807) is 31.2 Å². The summed E-state index contributed by atoms with van der Waals surface area (Å²) < 4.78 is 1.39. The highest BCUT2D eigenvalue weighted by Crippen LogP contribution is 2.37. The molecule has 1 fully saturated rings. The Kier molecular flexibility index (Phi) is 6.41. The first-order chi connectivity index (χ1) is 17.2. The van der Waals surface area contributed by atoms with Crippen LogP contribution in [0.3, 0.4) is 0 Å². The maximum absolute atomic E-state index is 14.2. The van der Waals surface area contributed by atoms with E-state index in [4.69, 9.17) is 11.6 Å². The van der Waals surface area contributed by atoms with E-state index in [0.29, 0.717) is 27.5 Å². The number of nitrogens with one attached hydrogen (secondary N) is 1. The Morgan fingerprint density at radius 1 is 1.00 bits per heavy atom. The van der Waals surface area contributed by atoms with Crippen molar-refractivity contribution in [3.63, 3.8) is 0 Å². The van der Waals surface area contributed by atoms with E-state index >= 15 is 0 Å². The molecule has 0 bridgehead atoms. The Labute approximate surface area is 216 Å². The maximum atomic E-state index is 14.2. The van der Waals surface area contributed by atoms with Crippen LogP contribution in [-0.4, -0.2) is 33.9 Å². The van der Waals surface area contributed by atoms with Crippen molar-refractivity contribution >= 4 is 45.9 Å². The fourth-order valence-electron chi connectivity index (χ4n) is 5.53. The molecule has 0 unspecified atom stereocenters. The van der Waals surface area contributed by atoms with Crippen molar-refractivity contribution < 1.29 is 14.4 Å². The fourth-order valence-corrected chi connectivity index (χ4v) is 5.71. The van der Waals surface area contributed by atoms with Gasteiger partial charge in [0.2, 0.25) is 5.54 Å². The highest BCUT2D eigenvalue weighted by molar-refractivity contribution is 6.32.